The highest BCUT2D eigenvalue weighted by molar-refractivity contribution is 7.99. The zero-order chi connectivity index (χ0) is 19.1. The number of rotatable bonds is 8. The normalized spacial score (nSPS) is 15.0. The average Bonchev–Trinajstić information content (AvgIpc) is 3.36. The van der Waals surface area contributed by atoms with Gasteiger partial charge in [0.1, 0.15) is 5.75 Å². The molecule has 0 atom stereocenters. The van der Waals surface area contributed by atoms with E-state index in [4.69, 9.17) is 4.74 Å². The smallest absolute Gasteiger partial charge is 0.240 e. The summed E-state index contributed by atoms with van der Waals surface area (Å²) in [6.45, 7) is 1.89. The Morgan fingerprint density at radius 3 is 3.00 bits per heavy atom. The van der Waals surface area contributed by atoms with E-state index in [9.17, 15) is 4.79 Å². The zero-order valence-corrected chi connectivity index (χ0v) is 16.3. The van der Waals surface area contributed by atoms with Crippen LogP contribution in [0.1, 0.15) is 38.2 Å². The van der Waals surface area contributed by atoms with E-state index in [0.29, 0.717) is 22.9 Å². The van der Waals surface area contributed by atoms with Crippen molar-refractivity contribution in [2.24, 2.45) is 5.10 Å². The summed E-state index contributed by atoms with van der Waals surface area (Å²) in [5.74, 6) is 1.53. The number of amides is 1. The fourth-order valence-electron chi connectivity index (χ4n) is 2.88. The van der Waals surface area contributed by atoms with Gasteiger partial charge in [-0.15, -0.1) is 5.10 Å². The number of nitrogens with one attached hydrogen (secondary N) is 3. The largest absolute Gasteiger partial charge is 0.497 e. The minimum absolute atomic E-state index is 0.0260. The Bertz CT molecular complexity index is 801. The molecule has 0 unspecified atom stereocenters. The summed E-state index contributed by atoms with van der Waals surface area (Å²) in [5, 5.41) is 14.7. The molecule has 0 aliphatic heterocycles. The quantitative estimate of drug-likeness (QED) is 0.365. The molecule has 3 N–H and O–H groups in total. The molecule has 0 saturated heterocycles. The van der Waals surface area contributed by atoms with Crippen molar-refractivity contribution in [2.75, 3.05) is 18.3 Å². The molecule has 1 aliphatic rings. The van der Waals surface area contributed by atoms with E-state index in [-0.39, 0.29) is 5.91 Å². The minimum atomic E-state index is 0.0260. The van der Waals surface area contributed by atoms with E-state index in [1.807, 2.05) is 31.2 Å². The Kier molecular flexibility index (Phi) is 6.69. The molecule has 1 saturated carbocycles. The second kappa shape index (κ2) is 9.40. The van der Waals surface area contributed by atoms with Crippen LogP contribution in [0.25, 0.3) is 0 Å². The van der Waals surface area contributed by atoms with Crippen molar-refractivity contribution in [2.45, 2.75) is 43.8 Å². The summed E-state index contributed by atoms with van der Waals surface area (Å²) in [7, 11) is 1.63. The number of methoxy groups -OCH3 is 1. The summed E-state index contributed by atoms with van der Waals surface area (Å²) in [6, 6.07) is 7.98. The number of nitrogens with zero attached hydrogens (tertiary/aromatic N) is 3. The third-order valence-corrected chi connectivity index (χ3v) is 5.18. The van der Waals surface area contributed by atoms with Gasteiger partial charge in [-0.1, -0.05) is 36.7 Å². The van der Waals surface area contributed by atoms with Gasteiger partial charge in [-0.3, -0.25) is 4.79 Å². The molecule has 1 fully saturated rings. The molecule has 1 aromatic carbocycles. The van der Waals surface area contributed by atoms with Gasteiger partial charge in [0.15, 0.2) is 0 Å². The number of benzene rings is 1. The SMILES string of the molecule is COc1cccc(/C(C)=N/Nc2nc(SCC(=O)NC3CCCC3)n[nH]2)c1. The molecule has 2 aromatic rings. The van der Waals surface area contributed by atoms with Crippen LogP contribution in [-0.4, -0.2) is 45.7 Å². The Hall–Kier alpha value is -2.55. The third-order valence-electron chi connectivity index (χ3n) is 4.33. The summed E-state index contributed by atoms with van der Waals surface area (Å²) in [6.07, 6.45) is 4.55. The number of hydrogen-bond acceptors (Lipinski definition) is 7. The second-order valence-corrected chi connectivity index (χ2v) is 7.29. The molecule has 27 heavy (non-hydrogen) atoms. The van der Waals surface area contributed by atoms with E-state index in [2.05, 4.69) is 31.0 Å². The van der Waals surface area contributed by atoms with Gasteiger partial charge in [-0.2, -0.15) is 10.1 Å². The number of aromatic amines is 1. The highest BCUT2D eigenvalue weighted by Gasteiger charge is 2.17. The van der Waals surface area contributed by atoms with Crippen LogP contribution in [0.4, 0.5) is 5.95 Å². The molecule has 8 nitrogen and oxygen atoms in total. The number of thioether (sulfide) groups is 1. The molecule has 0 bridgehead atoms. The summed E-state index contributed by atoms with van der Waals surface area (Å²) < 4.78 is 5.22. The molecule has 1 heterocycles. The number of hydrazone groups is 1. The fourth-order valence-corrected chi connectivity index (χ4v) is 3.49. The van der Waals surface area contributed by atoms with Crippen molar-refractivity contribution in [1.82, 2.24) is 20.5 Å². The van der Waals surface area contributed by atoms with Gasteiger partial charge in [0.2, 0.25) is 17.0 Å². The van der Waals surface area contributed by atoms with Crippen molar-refractivity contribution >= 4 is 29.3 Å². The van der Waals surface area contributed by atoms with Gasteiger partial charge in [0.05, 0.1) is 18.6 Å². The van der Waals surface area contributed by atoms with Crippen molar-refractivity contribution in [3.8, 4) is 5.75 Å². The van der Waals surface area contributed by atoms with Gasteiger partial charge in [-0.25, -0.2) is 10.5 Å². The lowest BCUT2D eigenvalue weighted by Gasteiger charge is -2.10. The first-order valence-corrected chi connectivity index (χ1v) is 9.92. The van der Waals surface area contributed by atoms with Gasteiger partial charge in [-0.05, 0) is 31.9 Å². The maximum atomic E-state index is 12.0. The fraction of sp³-hybridized carbons (Fsp3) is 0.444. The average molecular weight is 388 g/mol. The molecule has 3 rings (SSSR count). The number of aromatic nitrogens is 3. The van der Waals surface area contributed by atoms with Gasteiger partial charge in [0.25, 0.3) is 0 Å². The number of carbonyl (C=O) groups excluding carboxylic acids is 1. The lowest BCUT2D eigenvalue weighted by molar-refractivity contribution is -0.119. The second-order valence-electron chi connectivity index (χ2n) is 6.35. The minimum Gasteiger partial charge on any atom is -0.497 e. The number of H-pyrrole nitrogens is 1. The molecular weight excluding hydrogens is 364 g/mol. The summed E-state index contributed by atoms with van der Waals surface area (Å²) in [5.41, 5.74) is 4.58. The maximum Gasteiger partial charge on any atom is 0.240 e. The maximum absolute atomic E-state index is 12.0. The van der Waals surface area contributed by atoms with Crippen LogP contribution in [0.15, 0.2) is 34.5 Å². The van der Waals surface area contributed by atoms with Crippen molar-refractivity contribution in [3.05, 3.63) is 29.8 Å². The van der Waals surface area contributed by atoms with E-state index in [1.54, 1.807) is 7.11 Å². The highest BCUT2D eigenvalue weighted by Crippen LogP contribution is 2.19. The van der Waals surface area contributed by atoms with Crippen LogP contribution in [0.5, 0.6) is 5.75 Å². The topological polar surface area (TPSA) is 104 Å². The van der Waals surface area contributed by atoms with E-state index in [0.717, 1.165) is 29.9 Å². The lowest BCUT2D eigenvalue weighted by atomic mass is 10.1. The molecule has 9 heteroatoms. The lowest BCUT2D eigenvalue weighted by Crippen LogP contribution is -2.33. The molecular formula is C18H24N6O2S. The van der Waals surface area contributed by atoms with E-state index in [1.165, 1.54) is 24.6 Å². The van der Waals surface area contributed by atoms with Gasteiger partial charge < -0.3 is 10.1 Å². The monoisotopic (exact) mass is 388 g/mol. The first-order valence-electron chi connectivity index (χ1n) is 8.93. The Morgan fingerprint density at radius 2 is 2.22 bits per heavy atom. The van der Waals surface area contributed by atoms with Crippen LogP contribution < -0.4 is 15.5 Å². The third kappa shape index (κ3) is 5.72. The first-order chi connectivity index (χ1) is 13.1. The number of carbonyl (C=O) groups is 1. The highest BCUT2D eigenvalue weighted by atomic mass is 32.2. The molecule has 1 aromatic heterocycles. The van der Waals surface area contributed by atoms with Crippen molar-refractivity contribution in [1.29, 1.82) is 0 Å². The Morgan fingerprint density at radius 1 is 1.41 bits per heavy atom. The molecule has 0 spiro atoms. The standard InChI is InChI=1S/C18H24N6O2S/c1-12(13-6-5-9-15(10-13)26-2)21-22-17-20-18(24-23-17)27-11-16(25)19-14-7-3-4-8-14/h5-6,9-10,14H,3-4,7-8,11H2,1-2H3,(H,19,25)(H2,20,22,23,24)/b21-12+. The zero-order valence-electron chi connectivity index (χ0n) is 15.5. The first kappa shape index (κ1) is 19.2. The predicted octanol–water partition coefficient (Wildman–Crippen LogP) is 2.80. The van der Waals surface area contributed by atoms with Gasteiger partial charge >= 0.3 is 0 Å². The molecule has 144 valence electrons. The van der Waals surface area contributed by atoms with Crippen LogP contribution in [0, 0.1) is 0 Å². The van der Waals surface area contributed by atoms with E-state index < -0.39 is 0 Å². The van der Waals surface area contributed by atoms with Crippen LogP contribution >= 0.6 is 11.8 Å². The molecule has 1 amide bonds. The number of anilines is 1. The Labute approximate surface area is 162 Å². The van der Waals surface area contributed by atoms with Crippen LogP contribution in [0.3, 0.4) is 0 Å². The molecule has 0 radical (unpaired) electrons. The van der Waals surface area contributed by atoms with Crippen LogP contribution in [-0.2, 0) is 4.79 Å². The Balaban J connectivity index is 1.49. The molecule has 1 aliphatic carbocycles. The number of ether oxygens (including phenoxy) is 1. The van der Waals surface area contributed by atoms with E-state index >= 15 is 0 Å². The van der Waals surface area contributed by atoms with Crippen LogP contribution in [0.2, 0.25) is 0 Å². The van der Waals surface area contributed by atoms with Crippen molar-refractivity contribution < 1.29 is 9.53 Å². The summed E-state index contributed by atoms with van der Waals surface area (Å²) >= 11 is 1.30. The predicted molar refractivity (Wildman–Crippen MR) is 106 cm³/mol. The van der Waals surface area contributed by atoms with Gasteiger partial charge in [0, 0.05) is 11.6 Å². The number of hydrogen-bond donors (Lipinski definition) is 3. The van der Waals surface area contributed by atoms with Crippen molar-refractivity contribution in [3.63, 3.8) is 0 Å². The summed E-state index contributed by atoms with van der Waals surface area (Å²) in [4.78, 5) is 16.2.